The van der Waals surface area contributed by atoms with Gasteiger partial charge in [0.25, 0.3) is 5.91 Å². The Labute approximate surface area is 170 Å². The number of nitrogens with one attached hydrogen (secondary N) is 1. The molecular formula is C19H15ClN4O5. The number of nitrogens with zero attached hydrogens (tertiary/aromatic N) is 3. The standard InChI is InChI=1S/C19H15ClN4O5/c20-13-2-3-15(24-11-21-10-22-24)14(8-13)23-18(25)9-29-19(26)12-1-4-16-17(7-12)28-6-5-27-16/h1-4,7-8,10-11H,5-6,9H2,(H,23,25). The summed E-state index contributed by atoms with van der Waals surface area (Å²) in [6.07, 6.45) is 2.86. The zero-order valence-corrected chi connectivity index (χ0v) is 15.8. The number of rotatable bonds is 5. The van der Waals surface area contributed by atoms with Crippen molar-refractivity contribution in [2.24, 2.45) is 0 Å². The molecule has 0 fully saturated rings. The van der Waals surface area contributed by atoms with Gasteiger partial charge in [0.2, 0.25) is 0 Å². The maximum atomic E-state index is 12.3. The van der Waals surface area contributed by atoms with Gasteiger partial charge in [0, 0.05) is 5.02 Å². The first-order chi connectivity index (χ1) is 14.1. The van der Waals surface area contributed by atoms with Crippen molar-refractivity contribution in [1.82, 2.24) is 14.8 Å². The first kappa shape index (κ1) is 18.8. The second-order valence-electron chi connectivity index (χ2n) is 5.98. The van der Waals surface area contributed by atoms with Gasteiger partial charge >= 0.3 is 5.97 Å². The molecule has 0 saturated heterocycles. The minimum absolute atomic E-state index is 0.258. The third-order valence-electron chi connectivity index (χ3n) is 4.01. The first-order valence-corrected chi connectivity index (χ1v) is 8.99. The van der Waals surface area contributed by atoms with E-state index < -0.39 is 18.5 Å². The summed E-state index contributed by atoms with van der Waals surface area (Å²) in [5, 5.41) is 7.13. The lowest BCUT2D eigenvalue weighted by atomic mass is 10.2. The zero-order chi connectivity index (χ0) is 20.2. The molecule has 1 aromatic heterocycles. The molecule has 148 valence electrons. The zero-order valence-electron chi connectivity index (χ0n) is 15.0. The van der Waals surface area contributed by atoms with E-state index in [0.717, 1.165) is 0 Å². The number of anilines is 1. The summed E-state index contributed by atoms with van der Waals surface area (Å²) in [5.74, 6) is -0.155. The predicted octanol–water partition coefficient (Wildman–Crippen LogP) is 2.49. The van der Waals surface area contributed by atoms with Crippen LogP contribution < -0.4 is 14.8 Å². The molecule has 1 aliphatic heterocycles. The van der Waals surface area contributed by atoms with Crippen LogP contribution in [0.5, 0.6) is 11.5 Å². The van der Waals surface area contributed by atoms with Gasteiger partial charge in [-0.3, -0.25) is 4.79 Å². The van der Waals surface area contributed by atoms with Crippen LogP contribution in [0.15, 0.2) is 49.1 Å². The number of halogens is 1. The predicted molar refractivity (Wildman–Crippen MR) is 103 cm³/mol. The topological polar surface area (TPSA) is 105 Å². The Hall–Kier alpha value is -3.59. The molecule has 1 N–H and O–H groups in total. The Morgan fingerprint density at radius 3 is 2.76 bits per heavy atom. The number of ether oxygens (including phenoxy) is 3. The van der Waals surface area contributed by atoms with Crippen molar-refractivity contribution in [1.29, 1.82) is 0 Å². The van der Waals surface area contributed by atoms with Crippen molar-refractivity contribution >= 4 is 29.2 Å². The number of carbonyl (C=O) groups is 2. The van der Waals surface area contributed by atoms with Gasteiger partial charge in [0.1, 0.15) is 25.9 Å². The van der Waals surface area contributed by atoms with Gasteiger partial charge in [0.05, 0.1) is 16.9 Å². The molecule has 3 aromatic rings. The van der Waals surface area contributed by atoms with E-state index in [2.05, 4.69) is 15.4 Å². The van der Waals surface area contributed by atoms with Gasteiger partial charge in [-0.25, -0.2) is 14.5 Å². The Morgan fingerprint density at radius 1 is 1.14 bits per heavy atom. The van der Waals surface area contributed by atoms with Crippen LogP contribution in [0, 0.1) is 0 Å². The largest absolute Gasteiger partial charge is 0.486 e. The first-order valence-electron chi connectivity index (χ1n) is 8.61. The van der Waals surface area contributed by atoms with Crippen molar-refractivity contribution in [2.75, 3.05) is 25.1 Å². The molecule has 0 saturated carbocycles. The number of benzene rings is 2. The lowest BCUT2D eigenvalue weighted by Crippen LogP contribution is -2.22. The highest BCUT2D eigenvalue weighted by Gasteiger charge is 2.17. The minimum atomic E-state index is -0.653. The van der Waals surface area contributed by atoms with E-state index >= 15 is 0 Å². The summed E-state index contributed by atoms with van der Waals surface area (Å²) in [6, 6.07) is 9.62. The Bertz CT molecular complexity index is 1050. The van der Waals surface area contributed by atoms with Crippen molar-refractivity contribution in [3.63, 3.8) is 0 Å². The van der Waals surface area contributed by atoms with E-state index in [0.29, 0.717) is 41.1 Å². The highest BCUT2D eigenvalue weighted by atomic mass is 35.5. The van der Waals surface area contributed by atoms with E-state index in [-0.39, 0.29) is 5.56 Å². The highest BCUT2D eigenvalue weighted by Crippen LogP contribution is 2.31. The molecular weight excluding hydrogens is 400 g/mol. The van der Waals surface area contributed by atoms with E-state index in [1.165, 1.54) is 23.4 Å². The normalized spacial score (nSPS) is 12.3. The van der Waals surface area contributed by atoms with Crippen LogP contribution in [0.3, 0.4) is 0 Å². The fourth-order valence-electron chi connectivity index (χ4n) is 2.71. The Morgan fingerprint density at radius 2 is 1.97 bits per heavy atom. The summed E-state index contributed by atoms with van der Waals surface area (Å²) >= 11 is 6.02. The average Bonchev–Trinajstić information content (AvgIpc) is 3.26. The molecule has 10 heteroatoms. The fourth-order valence-corrected chi connectivity index (χ4v) is 2.88. The second kappa shape index (κ2) is 8.19. The maximum absolute atomic E-state index is 12.3. The third kappa shape index (κ3) is 4.30. The summed E-state index contributed by atoms with van der Waals surface area (Å²) in [5.41, 5.74) is 1.23. The number of hydrogen-bond acceptors (Lipinski definition) is 7. The lowest BCUT2D eigenvalue weighted by molar-refractivity contribution is -0.119. The van der Waals surface area contributed by atoms with Crippen molar-refractivity contribution in [2.45, 2.75) is 0 Å². The average molecular weight is 415 g/mol. The maximum Gasteiger partial charge on any atom is 0.338 e. The number of aromatic nitrogens is 3. The van der Waals surface area contributed by atoms with E-state index in [1.807, 2.05) is 0 Å². The molecule has 1 amide bonds. The van der Waals surface area contributed by atoms with Crippen LogP contribution in [0.25, 0.3) is 5.69 Å². The molecule has 0 bridgehead atoms. The molecule has 9 nitrogen and oxygen atoms in total. The van der Waals surface area contributed by atoms with Gasteiger partial charge < -0.3 is 19.5 Å². The molecule has 2 aromatic carbocycles. The summed E-state index contributed by atoms with van der Waals surface area (Å²) in [4.78, 5) is 28.4. The van der Waals surface area contributed by atoms with Crippen LogP contribution in [-0.2, 0) is 9.53 Å². The summed E-state index contributed by atoms with van der Waals surface area (Å²) < 4.78 is 17.4. The van der Waals surface area contributed by atoms with Crippen molar-refractivity contribution in [3.8, 4) is 17.2 Å². The number of fused-ring (bicyclic) bond motifs is 1. The quantitative estimate of drug-likeness (QED) is 0.639. The van der Waals surface area contributed by atoms with Gasteiger partial charge in [-0.2, -0.15) is 5.10 Å². The molecule has 0 unspecified atom stereocenters. The molecule has 4 rings (SSSR count). The molecule has 0 atom stereocenters. The van der Waals surface area contributed by atoms with Crippen molar-refractivity contribution in [3.05, 3.63) is 59.6 Å². The Balaban J connectivity index is 1.41. The smallest absolute Gasteiger partial charge is 0.338 e. The number of carbonyl (C=O) groups excluding carboxylic acids is 2. The highest BCUT2D eigenvalue weighted by molar-refractivity contribution is 6.31. The van der Waals surface area contributed by atoms with Crippen LogP contribution in [0.1, 0.15) is 10.4 Å². The second-order valence-corrected chi connectivity index (χ2v) is 6.42. The van der Waals surface area contributed by atoms with E-state index in [4.69, 9.17) is 25.8 Å². The van der Waals surface area contributed by atoms with Gasteiger partial charge in [-0.05, 0) is 36.4 Å². The third-order valence-corrected chi connectivity index (χ3v) is 4.25. The SMILES string of the molecule is O=C(COC(=O)c1ccc2c(c1)OCCO2)Nc1cc(Cl)ccc1-n1cncn1. The molecule has 29 heavy (non-hydrogen) atoms. The van der Waals surface area contributed by atoms with Crippen LogP contribution in [0.4, 0.5) is 5.69 Å². The number of amides is 1. The summed E-state index contributed by atoms with van der Waals surface area (Å²) in [7, 11) is 0. The molecule has 0 spiro atoms. The number of hydrogen-bond donors (Lipinski definition) is 1. The van der Waals surface area contributed by atoms with Crippen LogP contribution >= 0.6 is 11.6 Å². The van der Waals surface area contributed by atoms with Crippen molar-refractivity contribution < 1.29 is 23.8 Å². The Kier molecular flexibility index (Phi) is 5.30. The van der Waals surface area contributed by atoms with Gasteiger partial charge in [-0.15, -0.1) is 0 Å². The molecule has 2 heterocycles. The number of esters is 1. The van der Waals surface area contributed by atoms with Crippen LogP contribution in [0.2, 0.25) is 5.02 Å². The minimum Gasteiger partial charge on any atom is -0.486 e. The van der Waals surface area contributed by atoms with Gasteiger partial charge in [-0.1, -0.05) is 11.6 Å². The van der Waals surface area contributed by atoms with Gasteiger partial charge in [0.15, 0.2) is 18.1 Å². The molecule has 0 radical (unpaired) electrons. The molecule has 1 aliphatic rings. The lowest BCUT2D eigenvalue weighted by Gasteiger charge is -2.18. The van der Waals surface area contributed by atoms with E-state index in [9.17, 15) is 9.59 Å². The van der Waals surface area contributed by atoms with Crippen LogP contribution in [-0.4, -0.2) is 46.5 Å². The fraction of sp³-hybridized carbons (Fsp3) is 0.158. The summed E-state index contributed by atoms with van der Waals surface area (Å²) in [6.45, 7) is 0.384. The van der Waals surface area contributed by atoms with E-state index in [1.54, 1.807) is 30.3 Å². The molecule has 0 aliphatic carbocycles. The monoisotopic (exact) mass is 414 g/mol.